The molecule has 2 aliphatic heterocycles. The summed E-state index contributed by atoms with van der Waals surface area (Å²) < 4.78 is 11.3. The zero-order chi connectivity index (χ0) is 10.7. The fourth-order valence-electron chi connectivity index (χ4n) is 2.72. The SMILES string of the molecule is CC(O)CCC1CCOC2(CCOC2)C1. The van der Waals surface area contributed by atoms with E-state index in [0.717, 1.165) is 57.8 Å². The molecule has 2 aliphatic rings. The average Bonchev–Trinajstić information content (AvgIpc) is 2.63. The summed E-state index contributed by atoms with van der Waals surface area (Å²) >= 11 is 0. The molecule has 2 rings (SSSR count). The average molecular weight is 214 g/mol. The highest BCUT2D eigenvalue weighted by atomic mass is 16.6. The van der Waals surface area contributed by atoms with Crippen LogP contribution in [0.3, 0.4) is 0 Å². The fraction of sp³-hybridized carbons (Fsp3) is 1.00. The van der Waals surface area contributed by atoms with Crippen molar-refractivity contribution in [2.45, 2.75) is 50.7 Å². The third kappa shape index (κ3) is 2.92. The van der Waals surface area contributed by atoms with Gasteiger partial charge in [-0.1, -0.05) is 0 Å². The standard InChI is InChI=1S/C12H22O3/c1-10(13)2-3-11-4-6-15-12(8-11)5-7-14-9-12/h10-11,13H,2-9H2,1H3. The molecule has 0 radical (unpaired) electrons. The van der Waals surface area contributed by atoms with Gasteiger partial charge in [-0.15, -0.1) is 0 Å². The van der Waals surface area contributed by atoms with Gasteiger partial charge in [0.2, 0.25) is 0 Å². The summed E-state index contributed by atoms with van der Waals surface area (Å²) in [5.74, 6) is 0.718. The summed E-state index contributed by atoms with van der Waals surface area (Å²) in [7, 11) is 0. The van der Waals surface area contributed by atoms with Crippen LogP contribution in [0.5, 0.6) is 0 Å². The van der Waals surface area contributed by atoms with Crippen LogP contribution in [0.2, 0.25) is 0 Å². The molecule has 0 aromatic heterocycles. The predicted molar refractivity (Wildman–Crippen MR) is 57.8 cm³/mol. The van der Waals surface area contributed by atoms with Crippen molar-refractivity contribution in [3.8, 4) is 0 Å². The number of aliphatic hydroxyl groups is 1. The summed E-state index contributed by atoms with van der Waals surface area (Å²) in [4.78, 5) is 0. The molecular formula is C12H22O3. The van der Waals surface area contributed by atoms with E-state index in [1.54, 1.807) is 0 Å². The lowest BCUT2D eigenvalue weighted by Crippen LogP contribution is -2.40. The second kappa shape index (κ2) is 4.81. The molecule has 0 aromatic carbocycles. The summed E-state index contributed by atoms with van der Waals surface area (Å²) in [6.07, 6.45) is 5.21. The van der Waals surface area contributed by atoms with Gasteiger partial charge in [-0.2, -0.15) is 0 Å². The van der Waals surface area contributed by atoms with Crippen molar-refractivity contribution < 1.29 is 14.6 Å². The Morgan fingerprint density at radius 1 is 1.47 bits per heavy atom. The molecule has 2 saturated heterocycles. The first-order chi connectivity index (χ1) is 7.20. The lowest BCUT2D eigenvalue weighted by Gasteiger charge is -2.37. The van der Waals surface area contributed by atoms with Gasteiger partial charge in [-0.3, -0.25) is 0 Å². The van der Waals surface area contributed by atoms with E-state index in [-0.39, 0.29) is 11.7 Å². The third-order valence-corrected chi connectivity index (χ3v) is 3.65. The molecule has 2 heterocycles. The van der Waals surface area contributed by atoms with Crippen LogP contribution in [0.4, 0.5) is 0 Å². The Bertz CT molecular complexity index is 197. The molecule has 1 spiro atoms. The molecule has 3 nitrogen and oxygen atoms in total. The van der Waals surface area contributed by atoms with Gasteiger partial charge >= 0.3 is 0 Å². The number of hydrogen-bond acceptors (Lipinski definition) is 3. The molecule has 0 amide bonds. The number of ether oxygens (including phenoxy) is 2. The zero-order valence-electron chi connectivity index (χ0n) is 9.58. The first-order valence-corrected chi connectivity index (χ1v) is 6.10. The van der Waals surface area contributed by atoms with E-state index < -0.39 is 0 Å². The van der Waals surface area contributed by atoms with Crippen molar-refractivity contribution >= 4 is 0 Å². The second-order valence-corrected chi connectivity index (χ2v) is 5.12. The van der Waals surface area contributed by atoms with Crippen LogP contribution < -0.4 is 0 Å². The number of rotatable bonds is 3. The van der Waals surface area contributed by atoms with Crippen molar-refractivity contribution in [1.82, 2.24) is 0 Å². The second-order valence-electron chi connectivity index (χ2n) is 5.12. The van der Waals surface area contributed by atoms with Gasteiger partial charge in [0.15, 0.2) is 0 Å². The van der Waals surface area contributed by atoms with Gasteiger partial charge < -0.3 is 14.6 Å². The monoisotopic (exact) mass is 214 g/mol. The largest absolute Gasteiger partial charge is 0.393 e. The summed E-state index contributed by atoms with van der Waals surface area (Å²) in [6.45, 7) is 4.36. The lowest BCUT2D eigenvalue weighted by molar-refractivity contribution is -0.0998. The maximum atomic E-state index is 9.28. The van der Waals surface area contributed by atoms with Crippen molar-refractivity contribution in [2.24, 2.45) is 5.92 Å². The van der Waals surface area contributed by atoms with Crippen LogP contribution in [0.1, 0.15) is 39.0 Å². The third-order valence-electron chi connectivity index (χ3n) is 3.65. The molecule has 88 valence electrons. The summed E-state index contributed by atoms with van der Waals surface area (Å²) in [5.41, 5.74) is 0.0294. The van der Waals surface area contributed by atoms with Crippen molar-refractivity contribution in [3.63, 3.8) is 0 Å². The van der Waals surface area contributed by atoms with Crippen LogP contribution in [0.25, 0.3) is 0 Å². The van der Waals surface area contributed by atoms with E-state index in [2.05, 4.69) is 0 Å². The fourth-order valence-corrected chi connectivity index (χ4v) is 2.72. The topological polar surface area (TPSA) is 38.7 Å². The van der Waals surface area contributed by atoms with Gasteiger partial charge in [0.1, 0.15) is 0 Å². The van der Waals surface area contributed by atoms with Gasteiger partial charge in [-0.25, -0.2) is 0 Å². The number of hydrogen-bond donors (Lipinski definition) is 1. The minimum absolute atomic E-state index is 0.0294. The maximum absolute atomic E-state index is 9.28. The highest BCUT2D eigenvalue weighted by Crippen LogP contribution is 2.37. The molecule has 3 atom stereocenters. The Balaban J connectivity index is 1.81. The Hall–Kier alpha value is -0.120. The van der Waals surface area contributed by atoms with Gasteiger partial charge in [0.05, 0.1) is 18.3 Å². The van der Waals surface area contributed by atoms with Gasteiger partial charge in [0, 0.05) is 19.6 Å². The molecule has 3 unspecified atom stereocenters. The molecule has 0 saturated carbocycles. The molecular weight excluding hydrogens is 192 g/mol. The Kier molecular flexibility index (Phi) is 3.65. The minimum Gasteiger partial charge on any atom is -0.393 e. The van der Waals surface area contributed by atoms with Crippen molar-refractivity contribution in [2.75, 3.05) is 19.8 Å². The van der Waals surface area contributed by atoms with Crippen LogP contribution >= 0.6 is 0 Å². The van der Waals surface area contributed by atoms with Crippen molar-refractivity contribution in [3.05, 3.63) is 0 Å². The molecule has 0 aromatic rings. The Morgan fingerprint density at radius 2 is 2.33 bits per heavy atom. The summed E-state index contributed by atoms with van der Waals surface area (Å²) in [6, 6.07) is 0. The first-order valence-electron chi connectivity index (χ1n) is 6.10. The van der Waals surface area contributed by atoms with E-state index in [1.165, 1.54) is 0 Å². The predicted octanol–water partition coefficient (Wildman–Crippen LogP) is 1.73. The highest BCUT2D eigenvalue weighted by Gasteiger charge is 2.40. The van der Waals surface area contributed by atoms with Gasteiger partial charge in [-0.05, 0) is 38.5 Å². The van der Waals surface area contributed by atoms with Crippen LogP contribution in [-0.4, -0.2) is 36.6 Å². The smallest absolute Gasteiger partial charge is 0.0939 e. The molecule has 0 aliphatic carbocycles. The van der Waals surface area contributed by atoms with E-state index >= 15 is 0 Å². The molecule has 0 bridgehead atoms. The van der Waals surface area contributed by atoms with Gasteiger partial charge in [0.25, 0.3) is 0 Å². The van der Waals surface area contributed by atoms with Crippen molar-refractivity contribution in [1.29, 1.82) is 0 Å². The van der Waals surface area contributed by atoms with E-state index in [0.29, 0.717) is 0 Å². The highest BCUT2D eigenvalue weighted by molar-refractivity contribution is 4.90. The first kappa shape index (κ1) is 11.4. The molecule has 2 fully saturated rings. The Labute approximate surface area is 91.8 Å². The quantitative estimate of drug-likeness (QED) is 0.777. The van der Waals surface area contributed by atoms with Crippen LogP contribution in [0, 0.1) is 5.92 Å². The molecule has 3 heteroatoms. The minimum atomic E-state index is -0.163. The van der Waals surface area contributed by atoms with E-state index in [9.17, 15) is 5.11 Å². The lowest BCUT2D eigenvalue weighted by atomic mass is 9.82. The Morgan fingerprint density at radius 3 is 3.00 bits per heavy atom. The van der Waals surface area contributed by atoms with Crippen LogP contribution in [0.15, 0.2) is 0 Å². The van der Waals surface area contributed by atoms with Crippen LogP contribution in [-0.2, 0) is 9.47 Å². The normalized spacial score (nSPS) is 38.4. The maximum Gasteiger partial charge on any atom is 0.0939 e. The molecule has 1 N–H and O–H groups in total. The van der Waals surface area contributed by atoms with E-state index in [4.69, 9.17) is 9.47 Å². The van der Waals surface area contributed by atoms with E-state index in [1.807, 2.05) is 6.92 Å². The summed E-state index contributed by atoms with van der Waals surface area (Å²) in [5, 5.41) is 9.28. The molecule has 15 heavy (non-hydrogen) atoms. The number of aliphatic hydroxyl groups excluding tert-OH is 1. The zero-order valence-corrected chi connectivity index (χ0v) is 9.58.